The SMILES string of the molecule is CC(C)(C)S(=O)(=O)NC[C@H]1CC[C@H](Nc2nc(-c3ccccc3OC(F)(F)F)no2)CC1. The molecule has 1 aliphatic rings. The number of halogens is 3. The second-order valence-corrected chi connectivity index (χ2v) is 11.3. The lowest BCUT2D eigenvalue weighted by atomic mass is 9.86. The normalized spacial score (nSPS) is 20.2. The van der Waals surface area contributed by atoms with E-state index < -0.39 is 26.9 Å². The first-order chi connectivity index (χ1) is 14.8. The molecule has 2 aromatic rings. The van der Waals surface area contributed by atoms with E-state index in [0.717, 1.165) is 25.7 Å². The van der Waals surface area contributed by atoms with Crippen LogP contribution in [0.5, 0.6) is 5.75 Å². The van der Waals surface area contributed by atoms with Crippen LogP contribution in [-0.4, -0.2) is 42.3 Å². The Balaban J connectivity index is 1.55. The van der Waals surface area contributed by atoms with Crippen LogP contribution in [0.3, 0.4) is 0 Å². The summed E-state index contributed by atoms with van der Waals surface area (Å²) < 4.78 is 73.3. The number of benzene rings is 1. The van der Waals surface area contributed by atoms with Crippen molar-refractivity contribution in [1.82, 2.24) is 14.9 Å². The molecular formula is C20H27F3N4O4S. The number of nitrogens with one attached hydrogen (secondary N) is 2. The molecule has 1 heterocycles. The molecule has 8 nitrogen and oxygen atoms in total. The maximum absolute atomic E-state index is 12.6. The average molecular weight is 477 g/mol. The lowest BCUT2D eigenvalue weighted by molar-refractivity contribution is -0.274. The van der Waals surface area contributed by atoms with Gasteiger partial charge in [0, 0.05) is 12.6 Å². The first kappa shape index (κ1) is 24.3. The topological polar surface area (TPSA) is 106 Å². The Morgan fingerprint density at radius 3 is 2.41 bits per heavy atom. The van der Waals surface area contributed by atoms with E-state index in [1.165, 1.54) is 18.2 Å². The Bertz CT molecular complexity index is 1010. The molecule has 0 spiro atoms. The Kier molecular flexibility index (Phi) is 7.03. The molecule has 12 heteroatoms. The molecule has 3 rings (SSSR count). The first-order valence-corrected chi connectivity index (χ1v) is 11.8. The molecule has 0 saturated heterocycles. The maximum Gasteiger partial charge on any atom is 0.573 e. The van der Waals surface area contributed by atoms with Crippen LogP contribution in [0.1, 0.15) is 46.5 Å². The number of hydrogen-bond acceptors (Lipinski definition) is 7. The summed E-state index contributed by atoms with van der Waals surface area (Å²) in [4.78, 5) is 4.15. The highest BCUT2D eigenvalue weighted by Gasteiger charge is 2.33. The second-order valence-electron chi connectivity index (χ2n) is 8.79. The summed E-state index contributed by atoms with van der Waals surface area (Å²) in [6.07, 6.45) is -1.66. The van der Waals surface area contributed by atoms with E-state index in [0.29, 0.717) is 6.54 Å². The van der Waals surface area contributed by atoms with Crippen molar-refractivity contribution in [3.05, 3.63) is 24.3 Å². The fourth-order valence-electron chi connectivity index (χ4n) is 3.39. The van der Waals surface area contributed by atoms with Gasteiger partial charge >= 0.3 is 12.4 Å². The van der Waals surface area contributed by atoms with Crippen LogP contribution < -0.4 is 14.8 Å². The summed E-state index contributed by atoms with van der Waals surface area (Å²) in [7, 11) is -3.38. The summed E-state index contributed by atoms with van der Waals surface area (Å²) in [5.41, 5.74) is 0.0662. The molecule has 2 N–H and O–H groups in total. The third-order valence-electron chi connectivity index (χ3n) is 5.32. The first-order valence-electron chi connectivity index (χ1n) is 10.3. The van der Waals surface area contributed by atoms with Gasteiger partial charge in [-0.25, -0.2) is 13.1 Å². The van der Waals surface area contributed by atoms with E-state index in [-0.39, 0.29) is 29.4 Å². The number of sulfonamides is 1. The van der Waals surface area contributed by atoms with Crippen molar-refractivity contribution in [2.24, 2.45) is 5.92 Å². The van der Waals surface area contributed by atoms with Gasteiger partial charge in [-0.15, -0.1) is 13.2 Å². The predicted molar refractivity (Wildman–Crippen MR) is 112 cm³/mol. The van der Waals surface area contributed by atoms with E-state index in [1.54, 1.807) is 26.8 Å². The standard InChI is InChI=1S/C20H27F3N4O4S/c1-19(2,3)32(28,29)24-12-13-8-10-14(11-9-13)25-18-26-17(27-31-18)15-6-4-5-7-16(15)30-20(21,22)23/h4-7,13-14,24H,8-12H2,1-3H3,(H,25,26,27)/t13-,14-. The molecule has 178 valence electrons. The van der Waals surface area contributed by atoms with Crippen LogP contribution >= 0.6 is 0 Å². The molecule has 1 aliphatic carbocycles. The van der Waals surface area contributed by atoms with Gasteiger partial charge in [0.2, 0.25) is 15.8 Å². The van der Waals surface area contributed by atoms with Gasteiger partial charge < -0.3 is 14.6 Å². The van der Waals surface area contributed by atoms with Crippen LogP contribution in [0.15, 0.2) is 28.8 Å². The van der Waals surface area contributed by atoms with Gasteiger partial charge in [-0.1, -0.05) is 17.3 Å². The fraction of sp³-hybridized carbons (Fsp3) is 0.600. The molecule has 1 aromatic heterocycles. The van der Waals surface area contributed by atoms with E-state index in [4.69, 9.17) is 4.52 Å². The lowest BCUT2D eigenvalue weighted by Gasteiger charge is -2.29. The average Bonchev–Trinajstić information content (AvgIpc) is 3.14. The molecule has 1 fully saturated rings. The fourth-order valence-corrected chi connectivity index (χ4v) is 4.27. The van der Waals surface area contributed by atoms with E-state index in [9.17, 15) is 21.6 Å². The van der Waals surface area contributed by atoms with Crippen molar-refractivity contribution >= 4 is 16.0 Å². The van der Waals surface area contributed by atoms with Crippen LogP contribution in [0.4, 0.5) is 19.2 Å². The Morgan fingerprint density at radius 2 is 1.78 bits per heavy atom. The molecule has 32 heavy (non-hydrogen) atoms. The minimum atomic E-state index is -4.83. The number of nitrogens with zero attached hydrogens (tertiary/aromatic N) is 2. The van der Waals surface area contributed by atoms with Gasteiger partial charge in [0.1, 0.15) is 5.75 Å². The minimum absolute atomic E-state index is 0.0161. The van der Waals surface area contributed by atoms with Crippen molar-refractivity contribution in [3.8, 4) is 17.1 Å². The van der Waals surface area contributed by atoms with Crippen LogP contribution in [0, 0.1) is 5.92 Å². The molecule has 0 bridgehead atoms. The number of ether oxygens (including phenoxy) is 1. The zero-order chi connectivity index (χ0) is 23.6. The molecule has 0 aliphatic heterocycles. The lowest BCUT2D eigenvalue weighted by Crippen LogP contribution is -2.42. The molecule has 0 radical (unpaired) electrons. The maximum atomic E-state index is 12.6. The number of rotatable bonds is 7. The Morgan fingerprint density at radius 1 is 1.12 bits per heavy atom. The molecule has 0 atom stereocenters. The summed E-state index contributed by atoms with van der Waals surface area (Å²) in [6.45, 7) is 5.36. The highest BCUT2D eigenvalue weighted by molar-refractivity contribution is 7.90. The highest BCUT2D eigenvalue weighted by atomic mass is 32.2. The van der Waals surface area contributed by atoms with Crippen LogP contribution in [0.2, 0.25) is 0 Å². The van der Waals surface area contributed by atoms with Gasteiger partial charge in [-0.05, 0) is 64.5 Å². The molecule has 0 amide bonds. The number of alkyl halides is 3. The van der Waals surface area contributed by atoms with Crippen molar-refractivity contribution < 1.29 is 30.8 Å². The smallest absolute Gasteiger partial charge is 0.405 e. The Labute approximate surface area is 185 Å². The number of anilines is 1. The molecule has 0 unspecified atom stereocenters. The summed E-state index contributed by atoms with van der Waals surface area (Å²) in [5, 5.41) is 6.88. The summed E-state index contributed by atoms with van der Waals surface area (Å²) in [5.74, 6) is -0.196. The zero-order valence-electron chi connectivity index (χ0n) is 18.1. The van der Waals surface area contributed by atoms with E-state index in [2.05, 4.69) is 24.9 Å². The third kappa shape index (κ3) is 6.35. The second kappa shape index (κ2) is 9.26. The van der Waals surface area contributed by atoms with Crippen LogP contribution in [0.25, 0.3) is 11.4 Å². The van der Waals surface area contributed by atoms with Crippen molar-refractivity contribution in [2.75, 3.05) is 11.9 Å². The molecular weight excluding hydrogens is 449 g/mol. The minimum Gasteiger partial charge on any atom is -0.405 e. The number of aromatic nitrogens is 2. The highest BCUT2D eigenvalue weighted by Crippen LogP contribution is 2.33. The summed E-state index contributed by atoms with van der Waals surface area (Å²) in [6, 6.07) is 5.72. The molecule has 1 aromatic carbocycles. The largest absolute Gasteiger partial charge is 0.573 e. The zero-order valence-corrected chi connectivity index (χ0v) is 18.9. The number of para-hydroxylation sites is 1. The van der Waals surface area contributed by atoms with Crippen molar-refractivity contribution in [3.63, 3.8) is 0 Å². The number of hydrogen-bond donors (Lipinski definition) is 2. The van der Waals surface area contributed by atoms with Gasteiger partial charge in [-0.2, -0.15) is 4.98 Å². The predicted octanol–water partition coefficient (Wildman–Crippen LogP) is 4.32. The van der Waals surface area contributed by atoms with Crippen LogP contribution in [-0.2, 0) is 10.0 Å². The monoisotopic (exact) mass is 476 g/mol. The van der Waals surface area contributed by atoms with Crippen molar-refractivity contribution in [2.45, 2.75) is 63.6 Å². The van der Waals surface area contributed by atoms with Gasteiger partial charge in [0.15, 0.2) is 0 Å². The van der Waals surface area contributed by atoms with Gasteiger partial charge in [0.25, 0.3) is 0 Å². The van der Waals surface area contributed by atoms with Gasteiger partial charge in [0.05, 0.1) is 10.3 Å². The quantitative estimate of drug-likeness (QED) is 0.613. The van der Waals surface area contributed by atoms with E-state index >= 15 is 0 Å². The summed E-state index contributed by atoms with van der Waals surface area (Å²) >= 11 is 0. The Hall–Kier alpha value is -2.34. The van der Waals surface area contributed by atoms with E-state index in [1.807, 2.05) is 0 Å². The molecule has 1 saturated carbocycles. The van der Waals surface area contributed by atoms with Gasteiger partial charge in [-0.3, -0.25) is 0 Å². The third-order valence-corrected chi connectivity index (χ3v) is 7.48. The van der Waals surface area contributed by atoms with Crippen molar-refractivity contribution in [1.29, 1.82) is 0 Å².